The number of aromatic nitrogens is 2. The molecule has 1 heterocycles. The summed E-state index contributed by atoms with van der Waals surface area (Å²) in [6.07, 6.45) is 6.90. The lowest BCUT2D eigenvalue weighted by molar-refractivity contribution is -0.233. The molecule has 6 rings (SSSR count). The number of Topliss-reactive ketones (excluding diaryl/α,β-unsaturated/α-hetero) is 1. The van der Waals surface area contributed by atoms with Crippen LogP contribution in [0.25, 0.3) is 0 Å². The highest BCUT2D eigenvalue weighted by Gasteiger charge is 2.71. The van der Waals surface area contributed by atoms with E-state index in [4.69, 9.17) is 9.15 Å². The molecule has 5 aliphatic rings. The van der Waals surface area contributed by atoms with E-state index in [2.05, 4.69) is 64.0 Å². The minimum Gasteiger partial charge on any atom is -0.481 e. The van der Waals surface area contributed by atoms with Crippen LogP contribution in [0.1, 0.15) is 132 Å². The molecule has 1 aromatic heterocycles. The second-order valence-corrected chi connectivity index (χ2v) is 18.6. The lowest BCUT2D eigenvalue weighted by atomic mass is 9.33. The minimum atomic E-state index is -1.18. The Labute approximate surface area is 291 Å². The highest BCUT2D eigenvalue weighted by atomic mass is 16.5. The molecule has 10 nitrogen and oxygen atoms in total. The highest BCUT2D eigenvalue weighted by Crippen LogP contribution is 2.76. The van der Waals surface area contributed by atoms with Crippen LogP contribution in [0.4, 0.5) is 6.01 Å². The van der Waals surface area contributed by atoms with Crippen molar-refractivity contribution in [1.82, 2.24) is 10.2 Å². The third-order valence-electron chi connectivity index (χ3n) is 15.0. The van der Waals surface area contributed by atoms with Gasteiger partial charge in [-0.2, -0.15) is 0 Å². The van der Waals surface area contributed by atoms with E-state index in [-0.39, 0.29) is 70.1 Å². The number of hydrogen-bond acceptors (Lipinski definition) is 8. The molecule has 0 aromatic carbocycles. The number of ether oxygens (including phenoxy) is 1. The van der Waals surface area contributed by atoms with Gasteiger partial charge in [0.15, 0.2) is 5.78 Å². The zero-order valence-electron chi connectivity index (χ0n) is 31.2. The number of ketones is 1. The molecule has 4 saturated carbocycles. The third kappa shape index (κ3) is 5.15. The maximum absolute atomic E-state index is 14.3. The topological polar surface area (TPSA) is 149 Å². The molecule has 0 spiro atoms. The minimum absolute atomic E-state index is 0.0146. The number of nitrogens with one attached hydrogen (secondary N) is 1. The Balaban J connectivity index is 1.31. The van der Waals surface area contributed by atoms with Gasteiger partial charge in [-0.15, -0.1) is 5.10 Å². The molecule has 270 valence electrons. The van der Waals surface area contributed by atoms with Crippen LogP contribution in [0.2, 0.25) is 0 Å². The molecule has 5 aliphatic carbocycles. The number of rotatable bonds is 7. The van der Waals surface area contributed by atoms with Gasteiger partial charge in [0.1, 0.15) is 6.10 Å². The number of anilines is 1. The Bertz CT molecular complexity index is 1610. The van der Waals surface area contributed by atoms with Gasteiger partial charge >= 0.3 is 18.0 Å². The molecule has 1 aromatic rings. The second kappa shape index (κ2) is 11.5. The SMILES string of the molecule is Cc1nnc(NC(=O)[C@@]23CC[C@]4(C)[C@H](CC[C@@H]5[C@@]6(C)CC[C@H](OC(=O)CC(C)(C)C(=O)O)C(C)(C)[C@@H]6CC[C@]54C)C2=C(C(C)C)C(=O)C3)o1. The monoisotopic (exact) mass is 679 g/mol. The van der Waals surface area contributed by atoms with Crippen LogP contribution in [-0.2, 0) is 23.9 Å². The lowest BCUT2D eigenvalue weighted by Crippen LogP contribution is -2.66. The molecular weight excluding hydrogens is 622 g/mol. The number of hydrogen-bond donors (Lipinski definition) is 2. The van der Waals surface area contributed by atoms with Crippen molar-refractivity contribution in [1.29, 1.82) is 0 Å². The smallest absolute Gasteiger partial charge is 0.322 e. The van der Waals surface area contributed by atoms with Gasteiger partial charge in [-0.25, -0.2) is 0 Å². The molecule has 10 heteroatoms. The van der Waals surface area contributed by atoms with Crippen LogP contribution in [0.3, 0.4) is 0 Å². The predicted molar refractivity (Wildman–Crippen MR) is 183 cm³/mol. The summed E-state index contributed by atoms with van der Waals surface area (Å²) >= 11 is 0. The number of amides is 1. The summed E-state index contributed by atoms with van der Waals surface area (Å²) < 4.78 is 11.7. The van der Waals surface area contributed by atoms with Gasteiger partial charge in [0.2, 0.25) is 11.8 Å². The summed E-state index contributed by atoms with van der Waals surface area (Å²) in [6, 6.07) is 0.0754. The van der Waals surface area contributed by atoms with Crippen LogP contribution >= 0.6 is 0 Å². The van der Waals surface area contributed by atoms with Gasteiger partial charge < -0.3 is 14.3 Å². The lowest BCUT2D eigenvalue weighted by Gasteiger charge is -2.72. The van der Waals surface area contributed by atoms with Crippen molar-refractivity contribution < 1.29 is 33.4 Å². The van der Waals surface area contributed by atoms with Crippen molar-refractivity contribution in [3.63, 3.8) is 0 Å². The largest absolute Gasteiger partial charge is 0.481 e. The first-order valence-electron chi connectivity index (χ1n) is 18.5. The van der Waals surface area contributed by atoms with Crippen molar-refractivity contribution in [2.24, 2.45) is 56.2 Å². The molecule has 0 bridgehead atoms. The molecule has 0 radical (unpaired) electrons. The van der Waals surface area contributed by atoms with Gasteiger partial charge in [0.25, 0.3) is 0 Å². The van der Waals surface area contributed by atoms with E-state index >= 15 is 0 Å². The van der Waals surface area contributed by atoms with Gasteiger partial charge in [-0.3, -0.25) is 24.5 Å². The molecule has 2 N–H and O–H groups in total. The number of carbonyl (C=O) groups is 4. The number of carboxylic acids is 1. The Kier molecular flexibility index (Phi) is 8.39. The zero-order valence-corrected chi connectivity index (χ0v) is 31.2. The van der Waals surface area contributed by atoms with E-state index in [9.17, 15) is 24.3 Å². The normalized spacial score (nSPS) is 38.3. The average molecular weight is 680 g/mol. The van der Waals surface area contributed by atoms with Crippen LogP contribution in [-0.4, -0.2) is 45.0 Å². The van der Waals surface area contributed by atoms with Crippen molar-refractivity contribution in [3.8, 4) is 0 Å². The van der Waals surface area contributed by atoms with E-state index < -0.39 is 22.8 Å². The van der Waals surface area contributed by atoms with Crippen LogP contribution in [0.5, 0.6) is 0 Å². The molecule has 49 heavy (non-hydrogen) atoms. The summed E-state index contributed by atoms with van der Waals surface area (Å²) in [7, 11) is 0. The first kappa shape index (κ1) is 35.8. The molecule has 0 saturated heterocycles. The van der Waals surface area contributed by atoms with Crippen LogP contribution in [0, 0.1) is 63.1 Å². The van der Waals surface area contributed by atoms with Crippen molar-refractivity contribution in [2.45, 2.75) is 140 Å². The summed E-state index contributed by atoms with van der Waals surface area (Å²) in [5, 5.41) is 20.4. The highest BCUT2D eigenvalue weighted by molar-refractivity contribution is 6.09. The molecule has 8 atom stereocenters. The quantitative estimate of drug-likeness (QED) is 0.276. The Hall–Kier alpha value is -3.04. The number of carbonyl (C=O) groups excluding carboxylic acids is 3. The fourth-order valence-electron chi connectivity index (χ4n) is 12.3. The number of esters is 1. The summed E-state index contributed by atoms with van der Waals surface area (Å²) in [5.74, 6) is -0.279. The average Bonchev–Trinajstić information content (AvgIpc) is 3.54. The van der Waals surface area contributed by atoms with Gasteiger partial charge in [0, 0.05) is 18.8 Å². The van der Waals surface area contributed by atoms with E-state index in [1.807, 2.05) is 0 Å². The van der Waals surface area contributed by atoms with Crippen molar-refractivity contribution in [3.05, 3.63) is 17.0 Å². The van der Waals surface area contributed by atoms with E-state index in [1.54, 1.807) is 20.8 Å². The maximum Gasteiger partial charge on any atom is 0.322 e. The third-order valence-corrected chi connectivity index (χ3v) is 15.0. The summed E-state index contributed by atoms with van der Waals surface area (Å²) in [6.45, 7) is 20.9. The molecule has 0 aliphatic heterocycles. The van der Waals surface area contributed by atoms with Crippen molar-refractivity contribution in [2.75, 3.05) is 5.32 Å². The van der Waals surface area contributed by atoms with Gasteiger partial charge in [-0.05, 0) is 116 Å². The molecular formula is C39H57N3O7. The fourth-order valence-corrected chi connectivity index (χ4v) is 12.3. The molecule has 4 fully saturated rings. The number of aryl methyl sites for hydroxylation is 1. The van der Waals surface area contributed by atoms with Gasteiger partial charge in [-0.1, -0.05) is 53.6 Å². The van der Waals surface area contributed by atoms with E-state index in [1.165, 1.54) is 0 Å². The standard InChI is InChI=1S/C39H57N3O7/c1-21(2)29-24(43)19-39(31(45)40-33-42-41-22(3)48-33)18-17-37(9)23(30(29)39)11-12-26-36(8)15-14-27(49-28(44)20-34(4,5)32(46)47)35(6,7)25(36)13-16-38(26,37)10/h21,23,25-27H,11-20H2,1-10H3,(H,46,47)(H,40,42,45)/t23-,25+,26-,27+,36+,37-,38-,39-/m1/s1. The number of nitrogens with zero attached hydrogens (tertiary/aromatic N) is 2. The summed E-state index contributed by atoms with van der Waals surface area (Å²) in [5.41, 5.74) is -0.532. The Morgan fingerprint density at radius 1 is 0.959 bits per heavy atom. The van der Waals surface area contributed by atoms with E-state index in [0.717, 1.165) is 56.1 Å². The molecule has 0 unspecified atom stereocenters. The van der Waals surface area contributed by atoms with E-state index in [0.29, 0.717) is 24.1 Å². The number of aliphatic carboxylic acids is 1. The van der Waals surface area contributed by atoms with Crippen molar-refractivity contribution >= 4 is 29.6 Å². The fraction of sp³-hybridized carbons (Fsp3) is 0.795. The molecule has 1 amide bonds. The Morgan fingerprint density at radius 2 is 1.65 bits per heavy atom. The number of allylic oxidation sites excluding steroid dienone is 1. The summed E-state index contributed by atoms with van der Waals surface area (Å²) in [4.78, 5) is 52.9. The number of fused-ring (bicyclic) bond motifs is 7. The second-order valence-electron chi connectivity index (χ2n) is 18.6. The van der Waals surface area contributed by atoms with Crippen LogP contribution in [0.15, 0.2) is 15.6 Å². The first-order valence-corrected chi connectivity index (χ1v) is 18.5. The number of carboxylic acid groups (broad SMARTS) is 1. The van der Waals surface area contributed by atoms with Gasteiger partial charge in [0.05, 0.1) is 17.3 Å². The predicted octanol–water partition coefficient (Wildman–Crippen LogP) is 7.71. The maximum atomic E-state index is 14.3. The Morgan fingerprint density at radius 3 is 2.27 bits per heavy atom. The van der Waals surface area contributed by atoms with Crippen LogP contribution < -0.4 is 5.32 Å². The zero-order chi connectivity index (χ0) is 36.1. The first-order chi connectivity index (χ1) is 22.6.